The van der Waals surface area contributed by atoms with Crippen molar-refractivity contribution in [3.63, 3.8) is 0 Å². The largest absolute Gasteiger partial charge is 0.327 e. The Bertz CT molecular complexity index is 143. The lowest BCUT2D eigenvalue weighted by Crippen LogP contribution is -2.00. The Labute approximate surface area is 63.6 Å². The minimum atomic E-state index is 0.647. The molecule has 0 rings (SSSR count). The molecule has 0 aliphatic rings. The highest BCUT2D eigenvalue weighted by Gasteiger charge is 1.87. The normalized spacial score (nSPS) is 14.0. The molecule has 0 saturated heterocycles. The van der Waals surface area contributed by atoms with Crippen LogP contribution in [0.25, 0.3) is 0 Å². The average molecular weight is 139 g/mol. The van der Waals surface area contributed by atoms with Crippen molar-refractivity contribution in [1.29, 1.82) is 0 Å². The van der Waals surface area contributed by atoms with Gasteiger partial charge in [-0.1, -0.05) is 24.6 Å². The zero-order valence-corrected chi connectivity index (χ0v) is 7.15. The average Bonchev–Trinajstić information content (AvgIpc) is 1.99. The highest BCUT2D eigenvalue weighted by atomic mass is 14.5. The summed E-state index contributed by atoms with van der Waals surface area (Å²) in [6.07, 6.45) is 5.32. The van der Waals surface area contributed by atoms with Crippen molar-refractivity contribution in [3.05, 3.63) is 23.3 Å². The molecule has 0 aromatic carbocycles. The summed E-state index contributed by atoms with van der Waals surface area (Å²) in [6, 6.07) is 0. The first-order chi connectivity index (χ1) is 4.74. The van der Waals surface area contributed by atoms with Crippen LogP contribution in [0, 0.1) is 0 Å². The van der Waals surface area contributed by atoms with E-state index in [0.717, 1.165) is 6.42 Å². The fourth-order valence-electron chi connectivity index (χ4n) is 0.679. The van der Waals surface area contributed by atoms with Crippen molar-refractivity contribution in [2.75, 3.05) is 6.54 Å². The standard InChI is InChI=1S/C9H17N/c1-4-8(3)6-9(5-2)7-10/h5-6H,4,7,10H2,1-3H3/b8-6+,9-5+. The van der Waals surface area contributed by atoms with Gasteiger partial charge in [0.2, 0.25) is 0 Å². The lowest BCUT2D eigenvalue weighted by atomic mass is 10.1. The Morgan fingerprint density at radius 2 is 2.10 bits per heavy atom. The van der Waals surface area contributed by atoms with Gasteiger partial charge in [0.25, 0.3) is 0 Å². The summed E-state index contributed by atoms with van der Waals surface area (Å²) in [5.74, 6) is 0. The molecule has 0 radical (unpaired) electrons. The Kier molecular flexibility index (Phi) is 4.95. The summed E-state index contributed by atoms with van der Waals surface area (Å²) in [4.78, 5) is 0. The summed E-state index contributed by atoms with van der Waals surface area (Å²) in [6.45, 7) is 6.93. The fraction of sp³-hybridized carbons (Fsp3) is 0.556. The maximum Gasteiger partial charge on any atom is 0.0174 e. The molecule has 1 heteroatoms. The van der Waals surface area contributed by atoms with Crippen LogP contribution in [0.15, 0.2) is 23.3 Å². The van der Waals surface area contributed by atoms with Crippen LogP contribution in [0.2, 0.25) is 0 Å². The second-order valence-corrected chi connectivity index (χ2v) is 2.41. The van der Waals surface area contributed by atoms with Gasteiger partial charge in [0.05, 0.1) is 0 Å². The summed E-state index contributed by atoms with van der Waals surface area (Å²) in [5, 5.41) is 0. The third-order valence-corrected chi connectivity index (χ3v) is 1.60. The predicted molar refractivity (Wildman–Crippen MR) is 46.9 cm³/mol. The molecular weight excluding hydrogens is 122 g/mol. The molecule has 0 bridgehead atoms. The van der Waals surface area contributed by atoms with Crippen molar-refractivity contribution in [3.8, 4) is 0 Å². The molecule has 10 heavy (non-hydrogen) atoms. The van der Waals surface area contributed by atoms with Crippen LogP contribution in [-0.4, -0.2) is 6.54 Å². The molecule has 0 saturated carbocycles. The van der Waals surface area contributed by atoms with E-state index < -0.39 is 0 Å². The number of nitrogens with two attached hydrogens (primary N) is 1. The fourth-order valence-corrected chi connectivity index (χ4v) is 0.679. The molecule has 0 aromatic heterocycles. The van der Waals surface area contributed by atoms with Crippen LogP contribution in [0.5, 0.6) is 0 Å². The monoisotopic (exact) mass is 139 g/mol. The summed E-state index contributed by atoms with van der Waals surface area (Å²) < 4.78 is 0. The first-order valence-corrected chi connectivity index (χ1v) is 3.77. The van der Waals surface area contributed by atoms with Gasteiger partial charge in [0.15, 0.2) is 0 Å². The van der Waals surface area contributed by atoms with Gasteiger partial charge in [-0.2, -0.15) is 0 Å². The first-order valence-electron chi connectivity index (χ1n) is 3.77. The van der Waals surface area contributed by atoms with Gasteiger partial charge in [-0.3, -0.25) is 0 Å². The second-order valence-electron chi connectivity index (χ2n) is 2.41. The Balaban J connectivity index is 4.08. The molecule has 0 heterocycles. The Morgan fingerprint density at radius 3 is 2.40 bits per heavy atom. The van der Waals surface area contributed by atoms with Crippen molar-refractivity contribution < 1.29 is 0 Å². The molecule has 0 spiro atoms. The summed E-state index contributed by atoms with van der Waals surface area (Å²) in [7, 11) is 0. The van der Waals surface area contributed by atoms with Gasteiger partial charge < -0.3 is 5.73 Å². The zero-order valence-electron chi connectivity index (χ0n) is 7.15. The molecular formula is C9H17N. The smallest absolute Gasteiger partial charge is 0.0174 e. The molecule has 0 fully saturated rings. The van der Waals surface area contributed by atoms with Crippen molar-refractivity contribution >= 4 is 0 Å². The van der Waals surface area contributed by atoms with Gasteiger partial charge >= 0.3 is 0 Å². The van der Waals surface area contributed by atoms with E-state index in [2.05, 4.69) is 26.0 Å². The number of hydrogen-bond acceptors (Lipinski definition) is 1. The highest BCUT2D eigenvalue weighted by molar-refractivity contribution is 5.22. The maximum absolute atomic E-state index is 5.47. The molecule has 0 aliphatic heterocycles. The maximum atomic E-state index is 5.47. The molecule has 58 valence electrons. The zero-order chi connectivity index (χ0) is 7.98. The van der Waals surface area contributed by atoms with E-state index in [-0.39, 0.29) is 0 Å². The second kappa shape index (κ2) is 5.24. The molecule has 0 amide bonds. The van der Waals surface area contributed by atoms with Crippen molar-refractivity contribution in [2.24, 2.45) is 5.73 Å². The lowest BCUT2D eigenvalue weighted by Gasteiger charge is -1.97. The molecule has 1 nitrogen and oxygen atoms in total. The number of rotatable bonds is 3. The molecule has 0 aromatic rings. The minimum absolute atomic E-state index is 0.647. The Morgan fingerprint density at radius 1 is 1.50 bits per heavy atom. The third kappa shape index (κ3) is 3.46. The summed E-state index contributed by atoms with van der Waals surface area (Å²) in [5.41, 5.74) is 8.08. The van der Waals surface area contributed by atoms with E-state index in [4.69, 9.17) is 5.73 Å². The molecule has 2 N–H and O–H groups in total. The van der Waals surface area contributed by atoms with Crippen LogP contribution >= 0.6 is 0 Å². The van der Waals surface area contributed by atoms with Crippen LogP contribution in [0.4, 0.5) is 0 Å². The SMILES string of the molecule is C/C=C(\C=C(/C)CC)CN. The quantitative estimate of drug-likeness (QED) is 0.596. The van der Waals surface area contributed by atoms with Crippen LogP contribution in [0.3, 0.4) is 0 Å². The highest BCUT2D eigenvalue weighted by Crippen LogP contribution is 2.03. The van der Waals surface area contributed by atoms with Crippen molar-refractivity contribution in [2.45, 2.75) is 27.2 Å². The van der Waals surface area contributed by atoms with E-state index in [9.17, 15) is 0 Å². The Hall–Kier alpha value is -0.560. The van der Waals surface area contributed by atoms with E-state index >= 15 is 0 Å². The number of hydrogen-bond donors (Lipinski definition) is 1. The van der Waals surface area contributed by atoms with E-state index in [0.29, 0.717) is 6.54 Å². The molecule has 0 atom stereocenters. The first kappa shape index (κ1) is 9.44. The minimum Gasteiger partial charge on any atom is -0.327 e. The lowest BCUT2D eigenvalue weighted by molar-refractivity contribution is 1.08. The van der Waals surface area contributed by atoms with Crippen molar-refractivity contribution in [1.82, 2.24) is 0 Å². The van der Waals surface area contributed by atoms with Gasteiger partial charge in [-0.15, -0.1) is 0 Å². The molecule has 0 unspecified atom stereocenters. The van der Waals surface area contributed by atoms with Crippen LogP contribution in [0.1, 0.15) is 27.2 Å². The van der Waals surface area contributed by atoms with E-state index in [1.807, 2.05) is 6.92 Å². The summed E-state index contributed by atoms with van der Waals surface area (Å²) >= 11 is 0. The van der Waals surface area contributed by atoms with Gasteiger partial charge in [0, 0.05) is 6.54 Å². The van der Waals surface area contributed by atoms with Crippen LogP contribution < -0.4 is 5.73 Å². The van der Waals surface area contributed by atoms with Gasteiger partial charge in [0.1, 0.15) is 0 Å². The van der Waals surface area contributed by atoms with E-state index in [1.165, 1.54) is 11.1 Å². The predicted octanol–water partition coefficient (Wildman–Crippen LogP) is 2.25. The van der Waals surface area contributed by atoms with Crippen LogP contribution in [-0.2, 0) is 0 Å². The topological polar surface area (TPSA) is 26.0 Å². The number of allylic oxidation sites excluding steroid dienone is 2. The molecule has 0 aliphatic carbocycles. The van der Waals surface area contributed by atoms with E-state index in [1.54, 1.807) is 0 Å². The van der Waals surface area contributed by atoms with Gasteiger partial charge in [-0.25, -0.2) is 0 Å². The third-order valence-electron chi connectivity index (χ3n) is 1.60. The van der Waals surface area contributed by atoms with Gasteiger partial charge in [-0.05, 0) is 25.8 Å².